The second-order valence-corrected chi connectivity index (χ2v) is 6.73. The van der Waals surface area contributed by atoms with E-state index in [2.05, 4.69) is 53.6 Å². The quantitative estimate of drug-likeness (QED) is 0.839. The van der Waals surface area contributed by atoms with E-state index < -0.39 is 0 Å². The minimum atomic E-state index is 0.390. The van der Waals surface area contributed by atoms with Crippen LogP contribution in [0.1, 0.15) is 36.1 Å². The molecule has 0 amide bonds. The van der Waals surface area contributed by atoms with Crippen LogP contribution in [-0.2, 0) is 6.54 Å². The van der Waals surface area contributed by atoms with Gasteiger partial charge in [0.1, 0.15) is 0 Å². The van der Waals surface area contributed by atoms with E-state index in [9.17, 15) is 0 Å². The Labute approximate surface area is 123 Å². The minimum absolute atomic E-state index is 0.390. The second-order valence-electron chi connectivity index (χ2n) is 4.66. The molecule has 19 heavy (non-hydrogen) atoms. The van der Waals surface area contributed by atoms with Crippen LogP contribution < -0.4 is 10.2 Å². The molecule has 0 aliphatic heterocycles. The summed E-state index contributed by atoms with van der Waals surface area (Å²) in [5, 5.41) is 6.71. The first-order valence-electron chi connectivity index (χ1n) is 6.63. The third-order valence-electron chi connectivity index (χ3n) is 2.94. The molecule has 0 aliphatic rings. The summed E-state index contributed by atoms with van der Waals surface area (Å²) >= 11 is 3.57. The van der Waals surface area contributed by atoms with E-state index in [1.54, 1.807) is 22.7 Å². The highest BCUT2D eigenvalue weighted by molar-refractivity contribution is 7.15. The molecule has 1 atom stereocenters. The van der Waals surface area contributed by atoms with Crippen LogP contribution in [0.15, 0.2) is 23.7 Å². The first-order chi connectivity index (χ1) is 9.20. The molecule has 2 aromatic heterocycles. The van der Waals surface area contributed by atoms with Gasteiger partial charge in [0.05, 0.1) is 6.54 Å². The van der Waals surface area contributed by atoms with E-state index in [1.165, 1.54) is 9.75 Å². The van der Waals surface area contributed by atoms with Gasteiger partial charge in [0.15, 0.2) is 5.13 Å². The van der Waals surface area contributed by atoms with Crippen molar-refractivity contribution in [2.24, 2.45) is 0 Å². The molecule has 0 saturated carbocycles. The molecule has 2 rings (SSSR count). The molecule has 0 spiro atoms. The van der Waals surface area contributed by atoms with E-state index >= 15 is 0 Å². The predicted octanol–water partition coefficient (Wildman–Crippen LogP) is 3.90. The summed E-state index contributed by atoms with van der Waals surface area (Å²) in [4.78, 5) is 9.43. The van der Waals surface area contributed by atoms with Gasteiger partial charge in [-0.15, -0.1) is 22.7 Å². The van der Waals surface area contributed by atoms with Gasteiger partial charge in [0, 0.05) is 29.0 Å². The number of hydrogen-bond donors (Lipinski definition) is 1. The standard InChI is InChI=1S/C14H21N3S2/c1-4-7-15-11(2)13-9-16-14(19-13)17(3)10-12-6-5-8-18-12/h5-6,8-9,11,15H,4,7,10H2,1-3H3. The van der Waals surface area contributed by atoms with Crippen molar-refractivity contribution in [2.45, 2.75) is 32.9 Å². The van der Waals surface area contributed by atoms with Crippen LogP contribution >= 0.6 is 22.7 Å². The number of thiophene rings is 1. The van der Waals surface area contributed by atoms with Gasteiger partial charge in [-0.05, 0) is 31.3 Å². The highest BCUT2D eigenvalue weighted by Crippen LogP contribution is 2.27. The Morgan fingerprint density at radius 1 is 1.47 bits per heavy atom. The van der Waals surface area contributed by atoms with E-state index in [1.807, 2.05) is 6.20 Å². The molecule has 0 aliphatic carbocycles. The molecule has 0 radical (unpaired) electrons. The SMILES string of the molecule is CCCNC(C)c1cnc(N(C)Cc2cccs2)s1. The largest absolute Gasteiger partial charge is 0.346 e. The zero-order chi connectivity index (χ0) is 13.7. The van der Waals surface area contributed by atoms with Crippen molar-refractivity contribution in [1.29, 1.82) is 0 Å². The summed E-state index contributed by atoms with van der Waals surface area (Å²) in [6, 6.07) is 4.65. The van der Waals surface area contributed by atoms with Crippen molar-refractivity contribution in [3.8, 4) is 0 Å². The number of thiazole rings is 1. The van der Waals surface area contributed by atoms with Gasteiger partial charge in [0.2, 0.25) is 0 Å². The summed E-state index contributed by atoms with van der Waals surface area (Å²) in [5.41, 5.74) is 0. The third kappa shape index (κ3) is 4.03. The predicted molar refractivity (Wildman–Crippen MR) is 85.2 cm³/mol. The molecule has 3 nitrogen and oxygen atoms in total. The van der Waals surface area contributed by atoms with Crippen molar-refractivity contribution in [3.05, 3.63) is 33.5 Å². The molecular formula is C14H21N3S2. The fraction of sp³-hybridized carbons (Fsp3) is 0.500. The van der Waals surface area contributed by atoms with Gasteiger partial charge in [-0.2, -0.15) is 0 Å². The van der Waals surface area contributed by atoms with Gasteiger partial charge in [-0.25, -0.2) is 4.98 Å². The maximum Gasteiger partial charge on any atom is 0.185 e. The Kier molecular flexibility index (Phi) is 5.36. The lowest BCUT2D eigenvalue weighted by Gasteiger charge is -2.14. The van der Waals surface area contributed by atoms with Crippen LogP contribution in [0.3, 0.4) is 0 Å². The molecule has 2 aromatic rings. The molecule has 1 unspecified atom stereocenters. The number of rotatable bonds is 7. The van der Waals surface area contributed by atoms with Crippen LogP contribution in [0.4, 0.5) is 5.13 Å². The Morgan fingerprint density at radius 3 is 3.00 bits per heavy atom. The number of anilines is 1. The summed E-state index contributed by atoms with van der Waals surface area (Å²) in [6.07, 6.45) is 3.16. The number of hydrogen-bond acceptors (Lipinski definition) is 5. The number of nitrogens with zero attached hydrogens (tertiary/aromatic N) is 2. The Bertz CT molecular complexity index is 479. The van der Waals surface area contributed by atoms with Crippen molar-refractivity contribution < 1.29 is 0 Å². The van der Waals surface area contributed by atoms with E-state index in [4.69, 9.17) is 0 Å². The lowest BCUT2D eigenvalue weighted by Crippen LogP contribution is -2.18. The van der Waals surface area contributed by atoms with Crippen LogP contribution in [0, 0.1) is 0 Å². The first-order valence-corrected chi connectivity index (χ1v) is 8.33. The molecule has 0 fully saturated rings. The number of aromatic nitrogens is 1. The average molecular weight is 295 g/mol. The molecule has 104 valence electrons. The lowest BCUT2D eigenvalue weighted by molar-refractivity contribution is 0.577. The van der Waals surface area contributed by atoms with Gasteiger partial charge in [-0.1, -0.05) is 13.0 Å². The van der Waals surface area contributed by atoms with Crippen LogP contribution in [0.25, 0.3) is 0 Å². The fourth-order valence-electron chi connectivity index (χ4n) is 1.82. The molecule has 1 N–H and O–H groups in total. The summed E-state index contributed by atoms with van der Waals surface area (Å²) < 4.78 is 0. The average Bonchev–Trinajstić information content (AvgIpc) is 3.06. The maximum absolute atomic E-state index is 4.53. The minimum Gasteiger partial charge on any atom is -0.346 e. The van der Waals surface area contributed by atoms with Crippen molar-refractivity contribution in [2.75, 3.05) is 18.5 Å². The zero-order valence-corrected chi connectivity index (χ0v) is 13.4. The van der Waals surface area contributed by atoms with Gasteiger partial charge < -0.3 is 10.2 Å². The Morgan fingerprint density at radius 2 is 2.32 bits per heavy atom. The topological polar surface area (TPSA) is 28.2 Å². The Balaban J connectivity index is 1.96. The monoisotopic (exact) mass is 295 g/mol. The summed E-state index contributed by atoms with van der Waals surface area (Å²) in [7, 11) is 2.10. The number of nitrogens with one attached hydrogen (secondary N) is 1. The second kappa shape index (κ2) is 7.03. The van der Waals surface area contributed by atoms with Crippen molar-refractivity contribution >= 4 is 27.8 Å². The third-order valence-corrected chi connectivity index (χ3v) is 5.09. The smallest absolute Gasteiger partial charge is 0.185 e. The Hall–Kier alpha value is -0.910. The molecule has 0 aromatic carbocycles. The first kappa shape index (κ1) is 14.5. The van der Waals surface area contributed by atoms with Crippen LogP contribution in [-0.4, -0.2) is 18.6 Å². The highest BCUT2D eigenvalue weighted by atomic mass is 32.1. The summed E-state index contributed by atoms with van der Waals surface area (Å²) in [5.74, 6) is 0. The summed E-state index contributed by atoms with van der Waals surface area (Å²) in [6.45, 7) is 6.37. The molecule has 0 saturated heterocycles. The van der Waals surface area contributed by atoms with Gasteiger partial charge >= 0.3 is 0 Å². The van der Waals surface area contributed by atoms with E-state index in [-0.39, 0.29) is 0 Å². The highest BCUT2D eigenvalue weighted by Gasteiger charge is 2.12. The van der Waals surface area contributed by atoms with Crippen LogP contribution in [0.5, 0.6) is 0 Å². The molecule has 5 heteroatoms. The molecule has 2 heterocycles. The maximum atomic E-state index is 4.53. The van der Waals surface area contributed by atoms with Gasteiger partial charge in [0.25, 0.3) is 0 Å². The molecular weight excluding hydrogens is 274 g/mol. The van der Waals surface area contributed by atoms with Crippen LogP contribution in [0.2, 0.25) is 0 Å². The van der Waals surface area contributed by atoms with Gasteiger partial charge in [-0.3, -0.25) is 0 Å². The van der Waals surface area contributed by atoms with E-state index in [0.29, 0.717) is 6.04 Å². The van der Waals surface area contributed by atoms with Crippen molar-refractivity contribution in [3.63, 3.8) is 0 Å². The fourth-order valence-corrected chi connectivity index (χ4v) is 3.48. The normalized spacial score (nSPS) is 12.6. The van der Waals surface area contributed by atoms with Crippen molar-refractivity contribution in [1.82, 2.24) is 10.3 Å². The zero-order valence-electron chi connectivity index (χ0n) is 11.7. The molecule has 0 bridgehead atoms. The lowest BCUT2D eigenvalue weighted by atomic mass is 10.3. The van der Waals surface area contributed by atoms with E-state index in [0.717, 1.165) is 24.6 Å².